The molecule has 1 heterocycles. The van der Waals surface area contributed by atoms with E-state index in [1.165, 1.54) is 91.4 Å². The van der Waals surface area contributed by atoms with Crippen molar-refractivity contribution in [1.82, 2.24) is 0 Å². The van der Waals surface area contributed by atoms with E-state index in [0.717, 1.165) is 22.6 Å². The Morgan fingerprint density at radius 3 is 1.50 bits per heavy atom. The van der Waals surface area contributed by atoms with Gasteiger partial charge in [0.2, 0.25) is 0 Å². The van der Waals surface area contributed by atoms with Gasteiger partial charge in [0.15, 0.2) is 0 Å². The number of hydrogen-bond donors (Lipinski definition) is 0. The van der Waals surface area contributed by atoms with E-state index in [9.17, 15) is 0 Å². The first-order valence-electron chi connectivity index (χ1n) is 21.2. The fraction of sp³-hybridized carbons (Fsp3) is 0. The molecule has 0 unspecified atom stereocenters. The fourth-order valence-electron chi connectivity index (χ4n) is 9.57. The summed E-state index contributed by atoms with van der Waals surface area (Å²) in [6.45, 7) is 0. The molecule has 0 bridgehead atoms. The predicted octanol–water partition coefficient (Wildman–Crippen LogP) is 17.7. The largest absolute Gasteiger partial charge is 0.310 e. The van der Waals surface area contributed by atoms with Gasteiger partial charge in [-0.25, -0.2) is 0 Å². The van der Waals surface area contributed by atoms with Crippen molar-refractivity contribution < 1.29 is 0 Å². The highest BCUT2D eigenvalue weighted by atomic mass is 32.1. The van der Waals surface area contributed by atoms with E-state index in [4.69, 9.17) is 0 Å². The maximum atomic E-state index is 2.47. The molecule has 0 aliphatic carbocycles. The van der Waals surface area contributed by atoms with Gasteiger partial charge in [-0.1, -0.05) is 182 Å². The third-order valence-electron chi connectivity index (χ3n) is 12.4. The maximum Gasteiger partial charge on any atom is 0.0554 e. The van der Waals surface area contributed by atoms with Gasteiger partial charge in [0.25, 0.3) is 0 Å². The van der Waals surface area contributed by atoms with Gasteiger partial charge >= 0.3 is 0 Å². The summed E-state index contributed by atoms with van der Waals surface area (Å²) in [6.07, 6.45) is 0. The van der Waals surface area contributed by atoms with Crippen molar-refractivity contribution in [2.45, 2.75) is 0 Å². The van der Waals surface area contributed by atoms with Crippen molar-refractivity contribution >= 4 is 80.9 Å². The highest BCUT2D eigenvalue weighted by Crippen LogP contribution is 2.48. The molecule has 0 fully saturated rings. The second-order valence-corrected chi connectivity index (χ2v) is 17.1. The van der Waals surface area contributed by atoms with E-state index in [1.54, 1.807) is 0 Å². The smallest absolute Gasteiger partial charge is 0.0554 e. The zero-order valence-corrected chi connectivity index (χ0v) is 34.7. The second-order valence-electron chi connectivity index (χ2n) is 16.0. The number of rotatable bonds is 7. The summed E-state index contributed by atoms with van der Waals surface area (Å²) in [5, 5.41) is 10.0. The second kappa shape index (κ2) is 15.0. The van der Waals surface area contributed by atoms with Gasteiger partial charge in [0.1, 0.15) is 0 Å². The van der Waals surface area contributed by atoms with Gasteiger partial charge in [0.05, 0.1) is 5.69 Å². The van der Waals surface area contributed by atoms with Crippen LogP contribution in [0.5, 0.6) is 0 Å². The van der Waals surface area contributed by atoms with Gasteiger partial charge in [0, 0.05) is 31.5 Å². The normalized spacial score (nSPS) is 11.5. The molecule has 0 radical (unpaired) electrons. The van der Waals surface area contributed by atoms with Gasteiger partial charge in [-0.05, 0) is 131 Å². The van der Waals surface area contributed by atoms with Crippen LogP contribution >= 0.6 is 11.3 Å². The van der Waals surface area contributed by atoms with Crippen LogP contribution in [0.1, 0.15) is 0 Å². The molecule has 11 aromatic carbocycles. The predicted molar refractivity (Wildman–Crippen MR) is 268 cm³/mol. The number of anilines is 3. The van der Waals surface area contributed by atoms with E-state index in [-0.39, 0.29) is 0 Å². The Bertz CT molecular complexity index is 3640. The number of hydrogen-bond acceptors (Lipinski definition) is 2. The van der Waals surface area contributed by atoms with Crippen molar-refractivity contribution in [3.05, 3.63) is 237 Å². The molecular weight excluding hydrogens is 767 g/mol. The Hall–Kier alpha value is -7.78. The molecule has 290 valence electrons. The van der Waals surface area contributed by atoms with E-state index in [2.05, 4.69) is 241 Å². The number of benzene rings is 11. The van der Waals surface area contributed by atoms with Crippen molar-refractivity contribution in [3.63, 3.8) is 0 Å². The summed E-state index contributed by atoms with van der Waals surface area (Å²) in [5.41, 5.74) is 13.0. The first-order valence-corrected chi connectivity index (χ1v) is 22.1. The minimum absolute atomic E-state index is 1.10. The molecule has 62 heavy (non-hydrogen) atoms. The Kier molecular flexibility index (Phi) is 8.76. The summed E-state index contributed by atoms with van der Waals surface area (Å²) in [6, 6.07) is 86.8. The van der Waals surface area contributed by atoms with Crippen molar-refractivity contribution in [2.75, 3.05) is 4.90 Å². The Balaban J connectivity index is 1.08. The van der Waals surface area contributed by atoms with Crippen LogP contribution in [-0.4, -0.2) is 0 Å². The van der Waals surface area contributed by atoms with E-state index >= 15 is 0 Å². The topological polar surface area (TPSA) is 3.24 Å². The van der Waals surface area contributed by atoms with Crippen LogP contribution in [-0.2, 0) is 0 Å². The molecule has 12 rings (SSSR count). The first-order chi connectivity index (χ1) is 30.7. The van der Waals surface area contributed by atoms with Crippen LogP contribution in [0.3, 0.4) is 0 Å². The van der Waals surface area contributed by atoms with Gasteiger partial charge in [-0.15, -0.1) is 11.3 Å². The lowest BCUT2D eigenvalue weighted by Gasteiger charge is -2.27. The molecule has 0 atom stereocenters. The number of fused-ring (bicyclic) bond motifs is 7. The standard InChI is InChI=1S/C60H39NS/c1-3-17-41(18-4-1)58-52-27-10-9-26-50(52)51-35-34-47(39-54(51)59(58)42-19-5-2-6-20-42)45-23-14-25-49(38-45)61(55-29-15-31-57-60(55)53-28-11-12-30-56(53)62-57)48-24-13-22-44(37-48)46-33-32-40-16-7-8-21-43(40)36-46/h1-39H. The summed E-state index contributed by atoms with van der Waals surface area (Å²) in [4.78, 5) is 2.47. The zero-order valence-electron chi connectivity index (χ0n) is 33.9. The molecule has 1 nitrogen and oxygen atoms in total. The molecule has 0 aliphatic rings. The summed E-state index contributed by atoms with van der Waals surface area (Å²) in [7, 11) is 0. The minimum Gasteiger partial charge on any atom is -0.310 e. The molecule has 12 aromatic rings. The molecule has 0 N–H and O–H groups in total. The van der Waals surface area contributed by atoms with Crippen LogP contribution in [0, 0.1) is 0 Å². The highest BCUT2D eigenvalue weighted by molar-refractivity contribution is 7.26. The lowest BCUT2D eigenvalue weighted by molar-refractivity contribution is 1.30. The number of thiophene rings is 1. The van der Waals surface area contributed by atoms with Crippen LogP contribution in [0.25, 0.3) is 97.0 Å². The molecule has 2 heteroatoms. The third-order valence-corrected chi connectivity index (χ3v) is 13.5. The summed E-state index contributed by atoms with van der Waals surface area (Å²) < 4.78 is 2.57. The fourth-order valence-corrected chi connectivity index (χ4v) is 10.7. The maximum absolute atomic E-state index is 2.47. The molecule has 1 aromatic heterocycles. The summed E-state index contributed by atoms with van der Waals surface area (Å²) in [5.74, 6) is 0. The Labute approximate surface area is 365 Å². The molecule has 0 saturated carbocycles. The van der Waals surface area contributed by atoms with Gasteiger partial charge < -0.3 is 4.90 Å². The average molecular weight is 806 g/mol. The molecule has 0 spiro atoms. The van der Waals surface area contributed by atoms with Crippen LogP contribution in [0.2, 0.25) is 0 Å². The zero-order chi connectivity index (χ0) is 41.0. The van der Waals surface area contributed by atoms with Crippen molar-refractivity contribution in [3.8, 4) is 44.5 Å². The number of nitrogens with zero attached hydrogens (tertiary/aromatic N) is 1. The average Bonchev–Trinajstić information content (AvgIpc) is 3.74. The lowest BCUT2D eigenvalue weighted by Crippen LogP contribution is -2.10. The molecule has 0 aliphatic heterocycles. The van der Waals surface area contributed by atoms with Crippen molar-refractivity contribution in [1.29, 1.82) is 0 Å². The monoisotopic (exact) mass is 805 g/mol. The Morgan fingerprint density at radius 2 is 0.774 bits per heavy atom. The van der Waals surface area contributed by atoms with Crippen LogP contribution < -0.4 is 4.90 Å². The minimum atomic E-state index is 1.10. The quantitative estimate of drug-likeness (QED) is 0.145. The van der Waals surface area contributed by atoms with Gasteiger partial charge in [-0.3, -0.25) is 0 Å². The third kappa shape index (κ3) is 6.15. The van der Waals surface area contributed by atoms with E-state index < -0.39 is 0 Å². The van der Waals surface area contributed by atoms with Crippen LogP contribution in [0.4, 0.5) is 17.1 Å². The van der Waals surface area contributed by atoms with Gasteiger partial charge in [-0.2, -0.15) is 0 Å². The SMILES string of the molecule is c1ccc(-c2c(-c3ccccc3)c3cc(-c4cccc(N(c5cccc(-c6ccc7ccccc7c6)c5)c5cccc6sc7ccccc7c56)c4)ccc3c3ccccc23)cc1. The van der Waals surface area contributed by atoms with Crippen LogP contribution in [0.15, 0.2) is 237 Å². The van der Waals surface area contributed by atoms with E-state index in [0.29, 0.717) is 0 Å². The first kappa shape index (κ1) is 36.1. The lowest BCUT2D eigenvalue weighted by atomic mass is 9.84. The summed E-state index contributed by atoms with van der Waals surface area (Å²) >= 11 is 1.86. The molecular formula is C60H39NS. The Morgan fingerprint density at radius 1 is 0.274 bits per heavy atom. The van der Waals surface area contributed by atoms with Crippen molar-refractivity contribution in [2.24, 2.45) is 0 Å². The molecule has 0 saturated heterocycles. The van der Waals surface area contributed by atoms with E-state index in [1.807, 2.05) is 11.3 Å². The molecule has 0 amide bonds. The highest BCUT2D eigenvalue weighted by Gasteiger charge is 2.21.